The van der Waals surface area contributed by atoms with Gasteiger partial charge in [0.25, 0.3) is 0 Å². The van der Waals surface area contributed by atoms with Crippen molar-refractivity contribution in [2.45, 2.75) is 36.1 Å². The number of carbonyl (C=O) groups excluding carboxylic acids is 1. The summed E-state index contributed by atoms with van der Waals surface area (Å²) in [5, 5.41) is 3.77. The molecule has 1 unspecified atom stereocenters. The molecule has 3 aliphatic heterocycles. The smallest absolute Gasteiger partial charge is 0.210 e. The molecule has 4 heteroatoms. The zero-order chi connectivity index (χ0) is 23.0. The summed E-state index contributed by atoms with van der Waals surface area (Å²) in [7, 11) is 0. The molecule has 0 bridgehead atoms. The maximum absolute atomic E-state index is 12.7. The minimum absolute atomic E-state index is 0.0788. The highest BCUT2D eigenvalue weighted by atomic mass is 16.5. The van der Waals surface area contributed by atoms with Crippen LogP contribution in [-0.2, 0) is 15.7 Å². The Balaban J connectivity index is 1.55. The van der Waals surface area contributed by atoms with Crippen LogP contribution in [0.25, 0.3) is 0 Å². The fourth-order valence-electron chi connectivity index (χ4n) is 7.21. The molecule has 0 saturated carbocycles. The molecule has 1 spiro atoms. The molecule has 0 radical (unpaired) electrons. The lowest BCUT2D eigenvalue weighted by molar-refractivity contribution is -0.132. The van der Waals surface area contributed by atoms with E-state index in [0.29, 0.717) is 12.5 Å². The quantitative estimate of drug-likeness (QED) is 0.575. The van der Waals surface area contributed by atoms with E-state index >= 15 is 0 Å². The lowest BCUT2D eigenvalue weighted by atomic mass is 9.56. The van der Waals surface area contributed by atoms with E-state index in [9.17, 15) is 4.79 Å². The monoisotopic (exact) mass is 452 g/mol. The number of carbonyl (C=O) groups is 1. The number of piperidine rings is 1. The first-order chi connectivity index (χ1) is 16.8. The Morgan fingerprint density at radius 1 is 0.941 bits per heavy atom. The molecular weight excluding hydrogens is 420 g/mol. The van der Waals surface area contributed by atoms with Gasteiger partial charge in [0.15, 0.2) is 0 Å². The first-order valence-electron chi connectivity index (χ1n) is 12.5. The third-order valence-corrected chi connectivity index (χ3v) is 8.72. The van der Waals surface area contributed by atoms with Gasteiger partial charge in [0.2, 0.25) is 6.41 Å². The van der Waals surface area contributed by atoms with Crippen LogP contribution in [0, 0.1) is 5.92 Å². The first-order valence-corrected chi connectivity index (χ1v) is 12.5. The predicted molar refractivity (Wildman–Crippen MR) is 134 cm³/mol. The van der Waals surface area contributed by atoms with Gasteiger partial charge in [0.05, 0.1) is 12.1 Å². The van der Waals surface area contributed by atoms with Crippen LogP contribution in [0.5, 0.6) is 5.75 Å². The van der Waals surface area contributed by atoms with Crippen LogP contribution >= 0.6 is 0 Å². The van der Waals surface area contributed by atoms with Gasteiger partial charge in [0, 0.05) is 36.5 Å². The van der Waals surface area contributed by atoms with Gasteiger partial charge in [-0.05, 0) is 42.4 Å². The zero-order valence-corrected chi connectivity index (χ0v) is 19.5. The Morgan fingerprint density at radius 3 is 2.47 bits per heavy atom. The Morgan fingerprint density at radius 2 is 1.68 bits per heavy atom. The summed E-state index contributed by atoms with van der Waals surface area (Å²) in [5.74, 6) is 1.65. The summed E-state index contributed by atoms with van der Waals surface area (Å²) < 4.78 is 6.12. The van der Waals surface area contributed by atoms with E-state index in [2.05, 4.69) is 95.1 Å². The Hall–Kier alpha value is -3.11. The van der Waals surface area contributed by atoms with Crippen LogP contribution < -0.4 is 10.1 Å². The summed E-state index contributed by atoms with van der Waals surface area (Å²) in [4.78, 5) is 14.9. The summed E-state index contributed by atoms with van der Waals surface area (Å²) in [6, 6.07) is 30.2. The molecule has 1 amide bonds. The SMILES string of the molecule is O=CN1CC[C@@H](c2ccccc2)C[C@@]1(c1ccccc1)C1CNC[C@@]12CCOc1ccccc12. The van der Waals surface area contributed by atoms with Crippen LogP contribution in [0.1, 0.15) is 41.9 Å². The molecule has 3 aromatic rings. The second-order valence-corrected chi connectivity index (χ2v) is 10.1. The maximum atomic E-state index is 12.7. The van der Waals surface area contributed by atoms with Crippen LogP contribution in [0.3, 0.4) is 0 Å². The maximum Gasteiger partial charge on any atom is 0.210 e. The van der Waals surface area contributed by atoms with E-state index in [4.69, 9.17) is 4.74 Å². The third kappa shape index (κ3) is 3.19. The van der Waals surface area contributed by atoms with Gasteiger partial charge in [-0.2, -0.15) is 0 Å². The minimum atomic E-state index is -0.393. The summed E-state index contributed by atoms with van der Waals surface area (Å²) in [6.45, 7) is 3.27. The Bertz CT molecular complexity index is 1150. The normalized spacial score (nSPS) is 30.5. The molecular formula is C30H32N2O2. The van der Waals surface area contributed by atoms with Crippen molar-refractivity contribution in [3.63, 3.8) is 0 Å². The molecule has 6 rings (SSSR count). The number of likely N-dealkylation sites (tertiary alicyclic amines) is 1. The van der Waals surface area contributed by atoms with Gasteiger partial charge in [-0.15, -0.1) is 0 Å². The molecule has 1 N–H and O–H groups in total. The molecule has 4 atom stereocenters. The number of nitrogens with one attached hydrogen (secondary N) is 1. The molecule has 4 nitrogen and oxygen atoms in total. The van der Waals surface area contributed by atoms with Gasteiger partial charge in [0.1, 0.15) is 5.75 Å². The standard InChI is InChI=1S/C30H32N2O2/c33-22-32-17-15-24(23-9-3-1-4-10-23)19-30(32,25-11-5-2-6-12-25)28-20-31-21-29(28)16-18-34-27-14-8-7-13-26(27)29/h1-14,22,24,28,31H,15-21H2/t24-,28?,29-,30-/m1/s1. The number of nitrogens with zero attached hydrogens (tertiary/aromatic N) is 1. The minimum Gasteiger partial charge on any atom is -0.493 e. The summed E-state index contributed by atoms with van der Waals surface area (Å²) >= 11 is 0. The fraction of sp³-hybridized carbons (Fsp3) is 0.367. The molecule has 2 fully saturated rings. The van der Waals surface area contributed by atoms with Crippen molar-refractivity contribution in [1.82, 2.24) is 10.2 Å². The predicted octanol–water partition coefficient (Wildman–Crippen LogP) is 4.86. The highest BCUT2D eigenvalue weighted by molar-refractivity contribution is 5.54. The van der Waals surface area contributed by atoms with Crippen molar-refractivity contribution in [2.75, 3.05) is 26.2 Å². The highest BCUT2D eigenvalue weighted by Crippen LogP contribution is 2.57. The van der Waals surface area contributed by atoms with Crippen LogP contribution in [-0.4, -0.2) is 37.6 Å². The van der Waals surface area contributed by atoms with Crippen molar-refractivity contribution in [1.29, 1.82) is 0 Å². The number of amides is 1. The van der Waals surface area contributed by atoms with Crippen molar-refractivity contribution in [2.24, 2.45) is 5.92 Å². The third-order valence-electron chi connectivity index (χ3n) is 8.72. The molecule has 3 aromatic carbocycles. The molecule has 3 heterocycles. The average molecular weight is 453 g/mol. The largest absolute Gasteiger partial charge is 0.493 e. The van der Waals surface area contributed by atoms with E-state index in [-0.39, 0.29) is 11.3 Å². The first kappa shape index (κ1) is 21.4. The van der Waals surface area contributed by atoms with Crippen molar-refractivity contribution < 1.29 is 9.53 Å². The summed E-state index contributed by atoms with van der Waals surface area (Å²) in [5.41, 5.74) is 3.44. The lowest BCUT2D eigenvalue weighted by Gasteiger charge is -2.56. The molecule has 34 heavy (non-hydrogen) atoms. The van der Waals surface area contributed by atoms with Gasteiger partial charge >= 0.3 is 0 Å². The van der Waals surface area contributed by atoms with E-state index in [1.807, 2.05) is 0 Å². The van der Waals surface area contributed by atoms with Crippen LogP contribution in [0.15, 0.2) is 84.9 Å². The van der Waals surface area contributed by atoms with Crippen LogP contribution in [0.2, 0.25) is 0 Å². The number of hydrogen-bond donors (Lipinski definition) is 1. The number of benzene rings is 3. The van der Waals surface area contributed by atoms with Gasteiger partial charge < -0.3 is 15.0 Å². The van der Waals surface area contributed by atoms with Gasteiger partial charge in [-0.1, -0.05) is 78.9 Å². The van der Waals surface area contributed by atoms with Gasteiger partial charge in [-0.3, -0.25) is 4.79 Å². The zero-order valence-electron chi connectivity index (χ0n) is 19.5. The molecule has 174 valence electrons. The topological polar surface area (TPSA) is 41.6 Å². The highest BCUT2D eigenvalue weighted by Gasteiger charge is 2.60. The van der Waals surface area contributed by atoms with E-state index in [1.165, 1.54) is 16.7 Å². The second-order valence-electron chi connectivity index (χ2n) is 10.1. The van der Waals surface area contributed by atoms with Gasteiger partial charge in [-0.25, -0.2) is 0 Å². The molecule has 3 aliphatic rings. The van der Waals surface area contributed by atoms with Crippen molar-refractivity contribution in [3.8, 4) is 5.75 Å². The van der Waals surface area contributed by atoms with Crippen molar-refractivity contribution in [3.05, 3.63) is 102 Å². The van der Waals surface area contributed by atoms with E-state index in [0.717, 1.165) is 51.1 Å². The number of ether oxygens (including phenoxy) is 1. The van der Waals surface area contributed by atoms with Crippen molar-refractivity contribution >= 4 is 6.41 Å². The average Bonchev–Trinajstić information content (AvgIpc) is 3.34. The number of rotatable bonds is 4. The number of fused-ring (bicyclic) bond motifs is 2. The second kappa shape index (κ2) is 8.59. The molecule has 0 aromatic heterocycles. The molecule has 2 saturated heterocycles. The number of para-hydroxylation sites is 1. The van der Waals surface area contributed by atoms with E-state index in [1.54, 1.807) is 0 Å². The fourth-order valence-corrected chi connectivity index (χ4v) is 7.21. The summed E-state index contributed by atoms with van der Waals surface area (Å²) in [6.07, 6.45) is 3.99. The Labute approximate surface area is 201 Å². The lowest BCUT2D eigenvalue weighted by Crippen LogP contribution is -2.60. The van der Waals surface area contributed by atoms with Crippen LogP contribution in [0.4, 0.5) is 0 Å². The Kier molecular flexibility index (Phi) is 5.41. The number of hydrogen-bond acceptors (Lipinski definition) is 3. The van der Waals surface area contributed by atoms with E-state index < -0.39 is 5.54 Å². The molecule has 0 aliphatic carbocycles.